The van der Waals surface area contributed by atoms with E-state index < -0.39 is 59.1 Å². The fourth-order valence-electron chi connectivity index (χ4n) is 5.73. The molecule has 0 aromatic heterocycles. The highest BCUT2D eigenvalue weighted by atomic mass is 16.6. The van der Waals surface area contributed by atoms with Crippen LogP contribution in [-0.2, 0) is 28.6 Å². The number of allylic oxidation sites excluding steroid dienone is 1. The zero-order chi connectivity index (χ0) is 29.1. The minimum Gasteiger partial charge on any atom is -0.458 e. The van der Waals surface area contributed by atoms with Gasteiger partial charge in [-0.3, -0.25) is 14.4 Å². The fourth-order valence-corrected chi connectivity index (χ4v) is 5.73. The van der Waals surface area contributed by atoms with Gasteiger partial charge in [0.2, 0.25) is 0 Å². The second-order valence-corrected chi connectivity index (χ2v) is 11.5. The number of hydrogen-bond donors (Lipinski definition) is 1. The Morgan fingerprint density at radius 1 is 1.00 bits per heavy atom. The minimum atomic E-state index is -1.41. The molecule has 8 heteroatoms. The number of ether oxygens (including phenoxy) is 3. The molecule has 0 bridgehead atoms. The van der Waals surface area contributed by atoms with Gasteiger partial charge in [0.15, 0.2) is 5.60 Å². The lowest BCUT2D eigenvalue weighted by Gasteiger charge is -2.43. The van der Waals surface area contributed by atoms with Crippen LogP contribution in [0, 0.1) is 23.2 Å². The Labute approximate surface area is 230 Å². The van der Waals surface area contributed by atoms with E-state index in [1.54, 1.807) is 69.3 Å². The van der Waals surface area contributed by atoms with Crippen molar-refractivity contribution in [1.82, 2.24) is 0 Å². The Morgan fingerprint density at radius 2 is 1.64 bits per heavy atom. The van der Waals surface area contributed by atoms with Crippen LogP contribution in [0.25, 0.3) is 0 Å². The van der Waals surface area contributed by atoms with Crippen molar-refractivity contribution in [2.24, 2.45) is 23.2 Å². The van der Waals surface area contributed by atoms with Crippen molar-refractivity contribution in [1.29, 1.82) is 0 Å². The topological polar surface area (TPSA) is 116 Å². The van der Waals surface area contributed by atoms with E-state index in [2.05, 4.69) is 0 Å². The summed E-state index contributed by atoms with van der Waals surface area (Å²) in [6, 6.07) is 8.56. The standard InChI is InChI=1S/C31H40O8/c1-18-13-14-30(6,7)26(35)16-25(34)19(2)15-24-27(38-29(36)23-11-9-8-10-12-23)20(3)17-31(24,39-22(5)33)28(18)37-21(4)32/h8-15,18,20,24-25,27-28,34H,16-17H2,1-7H3/b14-13-,19-15-/t18-,20+,24-,25+,27-,28+,31+/m0/s1. The van der Waals surface area contributed by atoms with Crippen LogP contribution in [0.2, 0.25) is 0 Å². The van der Waals surface area contributed by atoms with Crippen molar-refractivity contribution in [3.8, 4) is 0 Å². The highest BCUT2D eigenvalue weighted by Crippen LogP contribution is 2.51. The lowest BCUT2D eigenvalue weighted by atomic mass is 9.75. The summed E-state index contributed by atoms with van der Waals surface area (Å²) in [7, 11) is 0. The van der Waals surface area contributed by atoms with E-state index in [-0.39, 0.29) is 24.5 Å². The lowest BCUT2D eigenvalue weighted by Crippen LogP contribution is -2.55. The summed E-state index contributed by atoms with van der Waals surface area (Å²) in [5.41, 5.74) is -1.46. The van der Waals surface area contributed by atoms with Gasteiger partial charge < -0.3 is 19.3 Å². The van der Waals surface area contributed by atoms with Gasteiger partial charge in [-0.15, -0.1) is 0 Å². The Bertz CT molecular complexity index is 1150. The molecule has 2 aliphatic carbocycles. The van der Waals surface area contributed by atoms with Crippen LogP contribution in [0.5, 0.6) is 0 Å². The van der Waals surface area contributed by atoms with E-state index in [1.165, 1.54) is 13.8 Å². The number of rotatable bonds is 4. The van der Waals surface area contributed by atoms with Gasteiger partial charge in [0.1, 0.15) is 18.0 Å². The van der Waals surface area contributed by atoms with E-state index in [4.69, 9.17) is 14.2 Å². The van der Waals surface area contributed by atoms with Gasteiger partial charge in [-0.2, -0.15) is 0 Å². The van der Waals surface area contributed by atoms with Crippen molar-refractivity contribution in [2.75, 3.05) is 0 Å². The molecule has 0 heterocycles. The maximum atomic E-state index is 13.2. The third-order valence-corrected chi connectivity index (χ3v) is 7.84. The van der Waals surface area contributed by atoms with Crippen molar-refractivity contribution in [2.45, 2.75) is 85.2 Å². The van der Waals surface area contributed by atoms with Crippen LogP contribution < -0.4 is 0 Å². The number of hydrogen-bond acceptors (Lipinski definition) is 8. The number of ketones is 1. The maximum Gasteiger partial charge on any atom is 0.338 e. The van der Waals surface area contributed by atoms with E-state index in [0.29, 0.717) is 11.1 Å². The van der Waals surface area contributed by atoms with Crippen LogP contribution in [0.1, 0.15) is 71.7 Å². The van der Waals surface area contributed by atoms with Crippen LogP contribution in [-0.4, -0.2) is 52.7 Å². The minimum absolute atomic E-state index is 0.112. The molecule has 1 aromatic carbocycles. The Kier molecular flexibility index (Phi) is 9.21. The van der Waals surface area contributed by atoms with Crippen LogP contribution in [0.15, 0.2) is 54.1 Å². The monoisotopic (exact) mass is 540 g/mol. The van der Waals surface area contributed by atoms with Gasteiger partial charge >= 0.3 is 17.9 Å². The first-order valence-electron chi connectivity index (χ1n) is 13.4. The second-order valence-electron chi connectivity index (χ2n) is 11.5. The molecule has 1 saturated carbocycles. The molecule has 0 unspecified atom stereocenters. The summed E-state index contributed by atoms with van der Waals surface area (Å²) in [6.07, 6.45) is 2.53. The average Bonchev–Trinajstić information content (AvgIpc) is 3.10. The first-order valence-corrected chi connectivity index (χ1v) is 13.4. The first-order chi connectivity index (χ1) is 18.2. The van der Waals surface area contributed by atoms with Crippen molar-refractivity contribution in [3.05, 3.63) is 59.7 Å². The summed E-state index contributed by atoms with van der Waals surface area (Å²) in [5, 5.41) is 11.0. The molecule has 1 N–H and O–H groups in total. The van der Waals surface area contributed by atoms with Gasteiger partial charge in [0.05, 0.1) is 17.6 Å². The SMILES string of the molecule is CC(=O)O[C@@H]1[C@@H](C)/C=C\C(C)(C)C(=O)C[C@@H](O)/C(C)=C\[C@H]2[C@@H](OC(=O)c3ccccc3)[C@H](C)C[C@]12OC(C)=O. The summed E-state index contributed by atoms with van der Waals surface area (Å²) in [4.78, 5) is 51.2. The quantitative estimate of drug-likeness (QED) is 0.335. The van der Waals surface area contributed by atoms with E-state index in [9.17, 15) is 24.3 Å². The molecule has 3 rings (SSSR count). The molecule has 212 valence electrons. The highest BCUT2D eigenvalue weighted by Gasteiger charge is 2.62. The van der Waals surface area contributed by atoms with Crippen LogP contribution in [0.3, 0.4) is 0 Å². The van der Waals surface area contributed by atoms with Gasteiger partial charge in [0, 0.05) is 31.6 Å². The Hall–Kier alpha value is -3.26. The van der Waals surface area contributed by atoms with Gasteiger partial charge in [-0.1, -0.05) is 50.3 Å². The molecule has 0 spiro atoms. The summed E-state index contributed by atoms with van der Waals surface area (Å²) in [6.45, 7) is 11.5. The zero-order valence-electron chi connectivity index (χ0n) is 23.8. The molecule has 0 amide bonds. The predicted octanol–water partition coefficient (Wildman–Crippen LogP) is 4.60. The molecule has 2 aliphatic rings. The zero-order valence-corrected chi connectivity index (χ0v) is 23.8. The summed E-state index contributed by atoms with van der Waals surface area (Å²) in [5.74, 6) is -3.40. The number of aliphatic hydroxyl groups excluding tert-OH is 1. The summed E-state index contributed by atoms with van der Waals surface area (Å²) >= 11 is 0. The number of fused-ring (bicyclic) bond motifs is 1. The molecule has 8 nitrogen and oxygen atoms in total. The molecule has 7 atom stereocenters. The van der Waals surface area contributed by atoms with Crippen LogP contribution >= 0.6 is 0 Å². The number of esters is 3. The molecule has 0 radical (unpaired) electrons. The van der Waals surface area contributed by atoms with E-state index in [0.717, 1.165) is 0 Å². The van der Waals surface area contributed by atoms with Gasteiger partial charge in [-0.25, -0.2) is 4.79 Å². The van der Waals surface area contributed by atoms with E-state index in [1.807, 2.05) is 13.8 Å². The molecular weight excluding hydrogens is 500 g/mol. The van der Waals surface area contributed by atoms with Crippen molar-refractivity contribution < 1.29 is 38.5 Å². The molecule has 1 aromatic rings. The van der Waals surface area contributed by atoms with Gasteiger partial charge in [0.25, 0.3) is 0 Å². The summed E-state index contributed by atoms with van der Waals surface area (Å²) < 4.78 is 18.0. The molecular formula is C31H40O8. The Balaban J connectivity index is 2.23. The number of Topliss-reactive ketones (excluding diaryl/α,β-unsaturated/α-hetero) is 1. The van der Waals surface area contributed by atoms with Crippen molar-refractivity contribution >= 4 is 23.7 Å². The number of benzene rings is 1. The maximum absolute atomic E-state index is 13.2. The second kappa shape index (κ2) is 11.9. The smallest absolute Gasteiger partial charge is 0.338 e. The normalized spacial score (nSPS) is 34.8. The predicted molar refractivity (Wildman–Crippen MR) is 144 cm³/mol. The number of carbonyl (C=O) groups excluding carboxylic acids is 4. The Morgan fingerprint density at radius 3 is 2.23 bits per heavy atom. The largest absolute Gasteiger partial charge is 0.458 e. The average molecular weight is 541 g/mol. The molecule has 1 fully saturated rings. The number of carbonyl (C=O) groups is 4. The molecule has 39 heavy (non-hydrogen) atoms. The molecule has 0 aliphatic heterocycles. The highest BCUT2D eigenvalue weighted by molar-refractivity contribution is 5.89. The third kappa shape index (κ3) is 6.67. The van der Waals surface area contributed by atoms with Gasteiger partial charge in [-0.05, 0) is 50.8 Å². The van der Waals surface area contributed by atoms with E-state index >= 15 is 0 Å². The third-order valence-electron chi connectivity index (χ3n) is 7.84. The molecule has 0 saturated heterocycles. The number of aliphatic hydroxyl groups is 1. The first kappa shape index (κ1) is 30.3. The lowest BCUT2D eigenvalue weighted by molar-refractivity contribution is -0.195. The fraction of sp³-hybridized carbons (Fsp3) is 0.548. The van der Waals surface area contributed by atoms with Crippen molar-refractivity contribution in [3.63, 3.8) is 0 Å². The van der Waals surface area contributed by atoms with Crippen LogP contribution in [0.4, 0.5) is 0 Å².